The van der Waals surface area contributed by atoms with Crippen molar-refractivity contribution in [2.45, 2.75) is 25.3 Å². The summed E-state index contributed by atoms with van der Waals surface area (Å²) >= 11 is 0. The molecule has 0 unspecified atom stereocenters. The summed E-state index contributed by atoms with van der Waals surface area (Å²) in [6.07, 6.45) is 5.59. The lowest BCUT2D eigenvalue weighted by Gasteiger charge is -2.34. The second kappa shape index (κ2) is 5.52. The van der Waals surface area contributed by atoms with E-state index in [4.69, 9.17) is 11.2 Å². The van der Waals surface area contributed by atoms with Crippen LogP contribution in [0.2, 0.25) is 0 Å². The fraction of sp³-hybridized carbons (Fsp3) is 0.727. The zero-order chi connectivity index (χ0) is 12.9. The first-order chi connectivity index (χ1) is 7.96. The third kappa shape index (κ3) is 3.45. The zero-order valence-electron chi connectivity index (χ0n) is 9.86. The van der Waals surface area contributed by atoms with Gasteiger partial charge in [-0.3, -0.25) is 10.1 Å². The molecule has 1 fully saturated rings. The molecule has 6 heteroatoms. The highest BCUT2D eigenvalue weighted by molar-refractivity contribution is 7.91. The molecule has 0 atom stereocenters. The summed E-state index contributed by atoms with van der Waals surface area (Å²) in [5.74, 6) is 1.96. The van der Waals surface area contributed by atoms with E-state index in [0.29, 0.717) is 0 Å². The van der Waals surface area contributed by atoms with E-state index in [1.165, 1.54) is 0 Å². The van der Waals surface area contributed by atoms with Crippen molar-refractivity contribution < 1.29 is 17.9 Å². The predicted octanol–water partition coefficient (Wildman–Crippen LogP) is -0.280. The second-order valence-corrected chi connectivity index (χ2v) is 6.32. The van der Waals surface area contributed by atoms with Crippen LogP contribution in [0.15, 0.2) is 0 Å². The van der Waals surface area contributed by atoms with Gasteiger partial charge in [-0.15, -0.1) is 6.42 Å². The number of carbonyl (C=O) groups is 1. The maximum Gasteiger partial charge on any atom is 0.326 e. The van der Waals surface area contributed by atoms with E-state index >= 15 is 0 Å². The van der Waals surface area contributed by atoms with Crippen LogP contribution >= 0.6 is 0 Å². The van der Waals surface area contributed by atoms with E-state index < -0.39 is 21.3 Å². The van der Waals surface area contributed by atoms with Gasteiger partial charge in [0.2, 0.25) is 0 Å². The Labute approximate surface area is 102 Å². The molecule has 0 spiro atoms. The summed E-state index contributed by atoms with van der Waals surface area (Å²) in [5.41, 5.74) is -0.937. The monoisotopic (exact) mass is 259 g/mol. The Kier molecular flexibility index (Phi) is 4.54. The normalized spacial score (nSPS) is 21.4. The molecule has 1 rings (SSSR count). The Bertz CT molecular complexity index is 407. The highest BCUT2D eigenvalue weighted by Gasteiger charge is 2.44. The maximum absolute atomic E-state index is 11.9. The van der Waals surface area contributed by atoms with Gasteiger partial charge in [-0.2, -0.15) is 0 Å². The minimum absolute atomic E-state index is 0.0105. The molecule has 0 saturated carbocycles. The van der Waals surface area contributed by atoms with Crippen LogP contribution < -0.4 is 5.32 Å². The summed E-state index contributed by atoms with van der Waals surface area (Å²) in [5, 5.41) is 2.93. The van der Waals surface area contributed by atoms with Crippen LogP contribution in [-0.2, 0) is 19.4 Å². The molecule has 0 aliphatic carbocycles. The smallest absolute Gasteiger partial charge is 0.326 e. The van der Waals surface area contributed by atoms with Gasteiger partial charge in [-0.05, 0) is 19.8 Å². The van der Waals surface area contributed by atoms with Crippen LogP contribution in [0.25, 0.3) is 0 Å². The van der Waals surface area contributed by atoms with E-state index in [-0.39, 0.29) is 37.5 Å². The summed E-state index contributed by atoms with van der Waals surface area (Å²) in [6, 6.07) is 0. The van der Waals surface area contributed by atoms with Crippen LogP contribution in [0.1, 0.15) is 19.8 Å². The lowest BCUT2D eigenvalue weighted by Crippen LogP contribution is -2.57. The third-order valence-electron chi connectivity index (χ3n) is 2.87. The molecular weight excluding hydrogens is 242 g/mol. The van der Waals surface area contributed by atoms with Crippen LogP contribution in [0.4, 0.5) is 0 Å². The van der Waals surface area contributed by atoms with E-state index in [1.807, 2.05) is 0 Å². The van der Waals surface area contributed by atoms with Crippen molar-refractivity contribution in [1.82, 2.24) is 5.32 Å². The molecule has 0 radical (unpaired) electrons. The average Bonchev–Trinajstić information content (AvgIpc) is 2.29. The Balaban J connectivity index is 2.82. The highest BCUT2D eigenvalue weighted by atomic mass is 32.2. The van der Waals surface area contributed by atoms with Crippen LogP contribution in [0.5, 0.6) is 0 Å². The highest BCUT2D eigenvalue weighted by Crippen LogP contribution is 2.25. The quantitative estimate of drug-likeness (QED) is 0.555. The third-order valence-corrected chi connectivity index (χ3v) is 4.53. The summed E-state index contributed by atoms with van der Waals surface area (Å²) in [4.78, 5) is 11.9. The lowest BCUT2D eigenvalue weighted by atomic mass is 9.92. The number of carbonyl (C=O) groups excluding carboxylic acids is 1. The van der Waals surface area contributed by atoms with E-state index in [9.17, 15) is 13.2 Å². The van der Waals surface area contributed by atoms with Crippen LogP contribution in [-0.4, -0.2) is 44.6 Å². The Morgan fingerprint density at radius 3 is 2.53 bits per heavy atom. The molecule has 1 heterocycles. The summed E-state index contributed by atoms with van der Waals surface area (Å²) in [6.45, 7) is 2.20. The predicted molar refractivity (Wildman–Crippen MR) is 64.1 cm³/mol. The van der Waals surface area contributed by atoms with Crippen LogP contribution in [0, 0.1) is 12.3 Å². The fourth-order valence-corrected chi connectivity index (χ4v) is 3.35. The number of terminal acetylenes is 1. The molecule has 96 valence electrons. The number of hydrogen-bond acceptors (Lipinski definition) is 5. The first kappa shape index (κ1) is 14.0. The molecule has 1 N–H and O–H groups in total. The second-order valence-electron chi connectivity index (χ2n) is 4.01. The molecule has 0 bridgehead atoms. The van der Waals surface area contributed by atoms with Crippen molar-refractivity contribution in [3.05, 3.63) is 0 Å². The summed E-state index contributed by atoms with van der Waals surface area (Å²) < 4.78 is 27.7. The van der Waals surface area contributed by atoms with Gasteiger partial charge in [0, 0.05) is 0 Å². The average molecular weight is 259 g/mol. The zero-order valence-corrected chi connectivity index (χ0v) is 10.7. The molecule has 5 nitrogen and oxygen atoms in total. The fourth-order valence-electron chi connectivity index (χ4n) is 1.83. The topological polar surface area (TPSA) is 72.5 Å². The first-order valence-corrected chi connectivity index (χ1v) is 7.34. The van der Waals surface area contributed by atoms with Crippen LogP contribution in [0.3, 0.4) is 0 Å². The van der Waals surface area contributed by atoms with Gasteiger partial charge in [-0.25, -0.2) is 8.42 Å². The van der Waals surface area contributed by atoms with Crippen molar-refractivity contribution >= 4 is 15.8 Å². The number of ether oxygens (including phenoxy) is 1. The van der Waals surface area contributed by atoms with Gasteiger partial charge in [-0.1, -0.05) is 5.92 Å². The van der Waals surface area contributed by atoms with Gasteiger partial charge < -0.3 is 4.74 Å². The Hall–Kier alpha value is -1.06. The molecule has 1 aliphatic rings. The molecule has 0 amide bonds. The molecule has 1 saturated heterocycles. The summed E-state index contributed by atoms with van der Waals surface area (Å²) in [7, 11) is -3.03. The Morgan fingerprint density at radius 2 is 2.06 bits per heavy atom. The SMILES string of the molecule is C#CCNC1(C(=O)OCC)CCS(=O)(=O)CC1. The van der Waals surface area contributed by atoms with Crippen molar-refractivity contribution in [3.8, 4) is 12.3 Å². The molecule has 0 aromatic rings. The Morgan fingerprint density at radius 1 is 1.47 bits per heavy atom. The van der Waals surface area contributed by atoms with E-state index in [0.717, 1.165) is 0 Å². The number of hydrogen-bond donors (Lipinski definition) is 1. The lowest BCUT2D eigenvalue weighted by molar-refractivity contribution is -0.151. The standard InChI is InChI=1S/C11H17NO4S/c1-3-7-12-11(10(13)16-4-2)5-8-17(14,15)9-6-11/h1,12H,4-9H2,2H3. The van der Waals surface area contributed by atoms with Gasteiger partial charge in [0.15, 0.2) is 0 Å². The molecule has 0 aromatic carbocycles. The minimum Gasteiger partial charge on any atom is -0.465 e. The van der Waals surface area contributed by atoms with Gasteiger partial charge >= 0.3 is 5.97 Å². The molecule has 0 aromatic heterocycles. The van der Waals surface area contributed by atoms with E-state index in [2.05, 4.69) is 11.2 Å². The van der Waals surface area contributed by atoms with Gasteiger partial charge in [0.1, 0.15) is 15.4 Å². The molecule has 17 heavy (non-hydrogen) atoms. The first-order valence-electron chi connectivity index (χ1n) is 5.52. The number of esters is 1. The van der Waals surface area contributed by atoms with Crippen molar-refractivity contribution in [2.24, 2.45) is 0 Å². The van der Waals surface area contributed by atoms with Gasteiger partial charge in [0.25, 0.3) is 0 Å². The van der Waals surface area contributed by atoms with Crippen molar-refractivity contribution in [3.63, 3.8) is 0 Å². The van der Waals surface area contributed by atoms with Crippen molar-refractivity contribution in [1.29, 1.82) is 0 Å². The maximum atomic E-state index is 11.9. The number of rotatable bonds is 4. The van der Waals surface area contributed by atoms with E-state index in [1.54, 1.807) is 6.92 Å². The minimum atomic E-state index is -3.03. The van der Waals surface area contributed by atoms with Gasteiger partial charge in [0.05, 0.1) is 24.7 Å². The molecular formula is C11H17NO4S. The number of sulfone groups is 1. The largest absolute Gasteiger partial charge is 0.465 e. The number of nitrogens with one attached hydrogen (secondary N) is 1. The molecule has 1 aliphatic heterocycles. The van der Waals surface area contributed by atoms with Crippen molar-refractivity contribution in [2.75, 3.05) is 24.7 Å².